The van der Waals surface area contributed by atoms with E-state index < -0.39 is 20.0 Å². The van der Waals surface area contributed by atoms with Crippen molar-refractivity contribution in [2.75, 3.05) is 35.0 Å². The number of rotatable bonds is 4. The van der Waals surface area contributed by atoms with Crippen LogP contribution in [0.2, 0.25) is 0 Å². The molecule has 4 rings (SSSR count). The molecule has 2 aromatic carbocycles. The Morgan fingerprint density at radius 2 is 1.47 bits per heavy atom. The zero-order valence-corrected chi connectivity index (χ0v) is 21.5. The number of benzene rings is 2. The van der Waals surface area contributed by atoms with Crippen LogP contribution in [-0.2, 0) is 46.0 Å². The van der Waals surface area contributed by atoms with Gasteiger partial charge in [-0.1, -0.05) is 24.3 Å². The minimum absolute atomic E-state index is 0. The minimum atomic E-state index is -3.27. The van der Waals surface area contributed by atoms with E-state index in [-0.39, 0.29) is 18.4 Å². The maximum Gasteiger partial charge on any atom is 0.229 e. The topological polar surface area (TPSA) is 157 Å². The van der Waals surface area contributed by atoms with Crippen molar-refractivity contribution in [2.24, 2.45) is 5.73 Å². The van der Waals surface area contributed by atoms with Crippen LogP contribution in [0, 0.1) is 5.41 Å². The van der Waals surface area contributed by atoms with Gasteiger partial charge in [0.05, 0.1) is 23.9 Å². The molecule has 34 heavy (non-hydrogen) atoms. The van der Waals surface area contributed by atoms with E-state index in [1.807, 2.05) is 24.3 Å². The number of fused-ring (bicyclic) bond motifs is 2. The van der Waals surface area contributed by atoms with Crippen molar-refractivity contribution < 1.29 is 16.8 Å². The van der Waals surface area contributed by atoms with Gasteiger partial charge in [0.2, 0.25) is 20.0 Å². The van der Waals surface area contributed by atoms with Crippen molar-refractivity contribution in [3.05, 3.63) is 58.7 Å². The summed E-state index contributed by atoms with van der Waals surface area (Å²) in [5, 5.41) is 10.7. The molecule has 0 aliphatic carbocycles. The molecule has 2 heterocycles. The fourth-order valence-corrected chi connectivity index (χ4v) is 5.12. The number of sulfonamides is 2. The summed E-state index contributed by atoms with van der Waals surface area (Å²) >= 11 is 0. The molecule has 0 bridgehead atoms. The molecule has 0 amide bonds. The highest BCUT2D eigenvalue weighted by molar-refractivity contribution is 7.92. The molecule has 0 aromatic heterocycles. The molecule has 0 saturated heterocycles. The van der Waals surface area contributed by atoms with Crippen molar-refractivity contribution in [2.45, 2.75) is 25.9 Å². The van der Waals surface area contributed by atoms with Gasteiger partial charge < -0.3 is 16.0 Å². The van der Waals surface area contributed by atoms with Gasteiger partial charge in [-0.25, -0.2) is 16.8 Å². The number of guanidine groups is 1. The smallest absolute Gasteiger partial charge is 0.229 e. The van der Waals surface area contributed by atoms with Gasteiger partial charge in [0.15, 0.2) is 5.96 Å². The van der Waals surface area contributed by atoms with Gasteiger partial charge in [-0.3, -0.25) is 14.9 Å². The van der Waals surface area contributed by atoms with Crippen LogP contribution in [0.5, 0.6) is 0 Å². The summed E-state index contributed by atoms with van der Waals surface area (Å²) in [6.45, 7) is 2.89. The second-order valence-corrected chi connectivity index (χ2v) is 11.6. The number of nitrogens with zero attached hydrogens (tertiary/aromatic N) is 1. The maximum atomic E-state index is 11.3. The summed E-state index contributed by atoms with van der Waals surface area (Å²) in [6.07, 6.45) is 3.85. The lowest BCUT2D eigenvalue weighted by Gasteiger charge is -2.30. The predicted molar refractivity (Wildman–Crippen MR) is 139 cm³/mol. The van der Waals surface area contributed by atoms with Crippen molar-refractivity contribution in [1.82, 2.24) is 10.2 Å². The summed E-state index contributed by atoms with van der Waals surface area (Å²) < 4.78 is 50.0. The number of nitrogens with two attached hydrogens (primary N) is 1. The number of hydrogen-bond acceptors (Lipinski definition) is 6. The van der Waals surface area contributed by atoms with Crippen LogP contribution in [0.4, 0.5) is 11.4 Å². The molecule has 2 aliphatic heterocycles. The fraction of sp³-hybridized carbons (Fsp3) is 0.381. The Morgan fingerprint density at radius 3 is 2.00 bits per heavy atom. The van der Waals surface area contributed by atoms with Crippen LogP contribution < -0.4 is 20.5 Å². The molecule has 0 fully saturated rings. The first-order chi connectivity index (χ1) is 15.4. The van der Waals surface area contributed by atoms with E-state index >= 15 is 0 Å². The average Bonchev–Trinajstić information content (AvgIpc) is 2.72. The quantitative estimate of drug-likeness (QED) is 0.295. The first-order valence-electron chi connectivity index (χ1n) is 10.4. The van der Waals surface area contributed by atoms with Crippen LogP contribution in [0.25, 0.3) is 0 Å². The third-order valence-electron chi connectivity index (χ3n) is 5.34. The molecule has 2 aromatic rings. The highest BCUT2D eigenvalue weighted by atomic mass is 35.5. The van der Waals surface area contributed by atoms with E-state index in [4.69, 9.17) is 11.1 Å². The molecule has 0 atom stereocenters. The normalized spacial score (nSPS) is 14.9. The van der Waals surface area contributed by atoms with Crippen LogP contribution in [0.3, 0.4) is 0 Å². The lowest BCUT2D eigenvalue weighted by atomic mass is 9.98. The van der Waals surface area contributed by atoms with E-state index in [1.165, 1.54) is 11.8 Å². The number of nitrogens with one attached hydrogen (secondary N) is 4. The van der Waals surface area contributed by atoms with Crippen molar-refractivity contribution >= 4 is 49.8 Å². The van der Waals surface area contributed by atoms with Gasteiger partial charge in [0.25, 0.3) is 0 Å². The Morgan fingerprint density at radius 1 is 0.941 bits per heavy atom. The molecule has 10 nitrogen and oxygen atoms in total. The van der Waals surface area contributed by atoms with E-state index in [1.54, 1.807) is 17.0 Å². The SMILES string of the molecule is CS(=O)(=O)Nc1cccc2c1CCN(C(=N)N)C2.CS(=O)(=O)Nc1cccc2c1CCNC2.Cl. The largest absolute Gasteiger partial charge is 0.370 e. The highest BCUT2D eigenvalue weighted by Crippen LogP contribution is 2.26. The lowest BCUT2D eigenvalue weighted by Crippen LogP contribution is -2.40. The first kappa shape index (κ1) is 27.7. The summed E-state index contributed by atoms with van der Waals surface area (Å²) in [5.74, 6) is 0.0436. The highest BCUT2D eigenvalue weighted by Gasteiger charge is 2.20. The van der Waals surface area contributed by atoms with Gasteiger partial charge >= 0.3 is 0 Å². The van der Waals surface area contributed by atoms with Gasteiger partial charge in [-0.2, -0.15) is 0 Å². The molecule has 188 valence electrons. The van der Waals surface area contributed by atoms with Crippen LogP contribution in [0.15, 0.2) is 36.4 Å². The standard InChI is InChI=1S/C11H16N4O2S.C10H14N2O2S.ClH/c1-18(16,17)14-10-4-2-3-8-7-15(11(12)13)6-5-9(8)10;1-15(13,14)12-10-4-2-3-8-7-11-6-5-9(8)10;/h2-4,14H,5-7H2,1H3,(H3,12,13);2-4,11-12H,5-7H2,1H3;1H. The van der Waals surface area contributed by atoms with Crippen LogP contribution in [-0.4, -0.2) is 53.3 Å². The van der Waals surface area contributed by atoms with Gasteiger partial charge in [0, 0.05) is 19.6 Å². The van der Waals surface area contributed by atoms with Crippen LogP contribution >= 0.6 is 12.4 Å². The van der Waals surface area contributed by atoms with Crippen molar-refractivity contribution in [3.8, 4) is 0 Å². The molecular formula is C21H31ClN6O4S2. The Bertz CT molecular complexity index is 1250. The molecule has 0 spiro atoms. The molecule has 6 N–H and O–H groups in total. The summed E-state index contributed by atoms with van der Waals surface area (Å²) in [5.41, 5.74) is 11.1. The Hall–Kier alpha value is -2.54. The summed E-state index contributed by atoms with van der Waals surface area (Å²) in [7, 11) is -6.45. The maximum absolute atomic E-state index is 11.3. The molecule has 0 saturated carbocycles. The first-order valence-corrected chi connectivity index (χ1v) is 14.2. The zero-order valence-electron chi connectivity index (χ0n) is 19.1. The average molecular weight is 531 g/mol. The summed E-state index contributed by atoms with van der Waals surface area (Å²) in [4.78, 5) is 1.76. The predicted octanol–water partition coefficient (Wildman–Crippen LogP) is 1.44. The van der Waals surface area contributed by atoms with Crippen molar-refractivity contribution in [3.63, 3.8) is 0 Å². The number of halogens is 1. The Balaban J connectivity index is 0.000000237. The number of hydrogen-bond donors (Lipinski definition) is 5. The molecule has 13 heteroatoms. The van der Waals surface area contributed by atoms with Gasteiger partial charge in [-0.15, -0.1) is 12.4 Å². The van der Waals surface area contributed by atoms with E-state index in [0.29, 0.717) is 25.2 Å². The molecule has 0 radical (unpaired) electrons. The molecule has 0 unspecified atom stereocenters. The van der Waals surface area contributed by atoms with E-state index in [2.05, 4.69) is 14.8 Å². The van der Waals surface area contributed by atoms with Gasteiger partial charge in [-0.05, 0) is 53.8 Å². The molecule has 2 aliphatic rings. The fourth-order valence-electron chi connectivity index (χ4n) is 3.94. The third-order valence-corrected chi connectivity index (χ3v) is 6.52. The lowest BCUT2D eigenvalue weighted by molar-refractivity contribution is 0.387. The Kier molecular flexibility index (Phi) is 9.17. The number of anilines is 2. The van der Waals surface area contributed by atoms with Crippen molar-refractivity contribution in [1.29, 1.82) is 5.41 Å². The monoisotopic (exact) mass is 530 g/mol. The van der Waals surface area contributed by atoms with E-state index in [9.17, 15) is 16.8 Å². The summed E-state index contributed by atoms with van der Waals surface area (Å²) in [6, 6.07) is 11.2. The van der Waals surface area contributed by atoms with Gasteiger partial charge in [0.1, 0.15) is 0 Å². The van der Waals surface area contributed by atoms with Crippen LogP contribution in [0.1, 0.15) is 22.3 Å². The minimum Gasteiger partial charge on any atom is -0.370 e. The second-order valence-electron chi connectivity index (χ2n) is 8.12. The molecular weight excluding hydrogens is 500 g/mol. The Labute approximate surface area is 207 Å². The third kappa shape index (κ3) is 7.76. The second kappa shape index (κ2) is 11.3. The van der Waals surface area contributed by atoms with E-state index in [0.717, 1.165) is 48.1 Å². The zero-order chi connectivity index (χ0) is 24.2.